The Morgan fingerprint density at radius 2 is 1.73 bits per heavy atom. The van der Waals surface area contributed by atoms with Crippen LogP contribution in [0.25, 0.3) is 6.08 Å². The zero-order chi connectivity index (χ0) is 28.6. The Hall–Kier alpha value is -4.37. The van der Waals surface area contributed by atoms with Gasteiger partial charge in [-0.15, -0.1) is 0 Å². The van der Waals surface area contributed by atoms with Gasteiger partial charge in [0.1, 0.15) is 28.8 Å². The topological polar surface area (TPSA) is 94.4 Å². The molecular weight excluding hydrogens is 533 g/mol. The fraction of sp³-hybridized carbons (Fsp3) is 0.194. The number of hydrogen-bond donors (Lipinski definition) is 1. The molecule has 1 aliphatic heterocycles. The van der Waals surface area contributed by atoms with Crippen molar-refractivity contribution in [2.75, 3.05) is 13.2 Å². The number of carbonyl (C=O) groups is 2. The van der Waals surface area contributed by atoms with Crippen LogP contribution in [-0.2, 0) is 16.1 Å². The fourth-order valence-corrected chi connectivity index (χ4v) is 4.89. The first-order chi connectivity index (χ1) is 19.3. The van der Waals surface area contributed by atoms with Crippen molar-refractivity contribution in [2.24, 2.45) is 4.99 Å². The molecule has 40 heavy (non-hydrogen) atoms. The molecule has 3 aromatic carbocycles. The number of aliphatic hydroxyl groups excluding tert-OH is 1. The summed E-state index contributed by atoms with van der Waals surface area (Å²) >= 11 is 0.989. The van der Waals surface area contributed by atoms with Crippen molar-refractivity contribution in [3.05, 3.63) is 111 Å². The van der Waals surface area contributed by atoms with E-state index in [1.54, 1.807) is 74.5 Å². The summed E-state index contributed by atoms with van der Waals surface area (Å²) in [5, 5.41) is 11.0. The maximum atomic E-state index is 14.0. The summed E-state index contributed by atoms with van der Waals surface area (Å²) in [6.45, 7) is 5.73. The smallest absolute Gasteiger partial charge is 0.344 e. The molecule has 1 heterocycles. The molecule has 0 bridgehead atoms. The quantitative estimate of drug-likeness (QED) is 0.287. The fourth-order valence-electron chi connectivity index (χ4n) is 3.88. The predicted octanol–water partition coefficient (Wildman–Crippen LogP) is 6.81. The van der Waals surface area contributed by atoms with Crippen molar-refractivity contribution in [3.8, 4) is 11.5 Å². The molecule has 4 rings (SSSR count). The van der Waals surface area contributed by atoms with Crippen LogP contribution in [0.4, 0.5) is 4.39 Å². The average molecular weight is 562 g/mol. The Morgan fingerprint density at radius 3 is 2.45 bits per heavy atom. The van der Waals surface area contributed by atoms with E-state index < -0.39 is 11.9 Å². The van der Waals surface area contributed by atoms with Gasteiger partial charge in [-0.3, -0.25) is 4.79 Å². The van der Waals surface area contributed by atoms with E-state index in [2.05, 4.69) is 4.99 Å². The van der Waals surface area contributed by atoms with Gasteiger partial charge >= 0.3 is 5.97 Å². The number of thioether (sulfide) groups is 1. The van der Waals surface area contributed by atoms with Gasteiger partial charge in [0.05, 0.1) is 18.1 Å². The number of aryl methyl sites for hydroxylation is 1. The molecule has 9 heteroatoms. The van der Waals surface area contributed by atoms with E-state index in [-0.39, 0.29) is 35.4 Å². The molecule has 7 nitrogen and oxygen atoms in total. The number of hydrogen-bond acceptors (Lipinski definition) is 7. The van der Waals surface area contributed by atoms with Crippen LogP contribution in [0.5, 0.6) is 11.5 Å². The summed E-state index contributed by atoms with van der Waals surface area (Å²) in [4.78, 5) is 30.1. The molecule has 206 valence electrons. The van der Waals surface area contributed by atoms with Crippen LogP contribution in [0.2, 0.25) is 0 Å². The van der Waals surface area contributed by atoms with Gasteiger partial charge in [-0.25, -0.2) is 14.2 Å². The van der Waals surface area contributed by atoms with E-state index >= 15 is 0 Å². The monoisotopic (exact) mass is 561 g/mol. The Labute approximate surface area is 236 Å². The molecule has 0 aromatic heterocycles. The highest BCUT2D eigenvalue weighted by atomic mass is 32.2. The molecule has 0 saturated carbocycles. The van der Waals surface area contributed by atoms with Crippen molar-refractivity contribution < 1.29 is 33.3 Å². The lowest BCUT2D eigenvalue weighted by atomic mass is 10.1. The minimum Gasteiger partial charge on any atom is -0.506 e. The number of amides is 1. The standard InChI is InChI=1S/C31H28FNO6S/c1-4-37-25-16-20(14-15-24(25)39-18-21-11-7-9-13-23(21)32)17-26-28(34)27(31(36)38-5-2)30(40-26)33-29(35)22-12-8-6-10-19(22)3/h6-17,34H,4-5,18H2,1-3H3/b26-17-,33-30?. The largest absolute Gasteiger partial charge is 0.506 e. The number of aliphatic hydroxyl groups is 1. The lowest BCUT2D eigenvalue weighted by Gasteiger charge is -2.13. The zero-order valence-electron chi connectivity index (χ0n) is 22.3. The molecule has 0 radical (unpaired) electrons. The van der Waals surface area contributed by atoms with E-state index in [0.717, 1.165) is 17.3 Å². The van der Waals surface area contributed by atoms with Gasteiger partial charge in [0.15, 0.2) is 11.5 Å². The van der Waals surface area contributed by atoms with Crippen LogP contribution >= 0.6 is 11.8 Å². The molecule has 0 unspecified atom stereocenters. The van der Waals surface area contributed by atoms with Crippen molar-refractivity contribution in [1.82, 2.24) is 0 Å². The van der Waals surface area contributed by atoms with Crippen molar-refractivity contribution >= 4 is 34.8 Å². The lowest BCUT2D eigenvalue weighted by Crippen LogP contribution is -2.14. The second-order valence-electron chi connectivity index (χ2n) is 8.61. The molecule has 1 amide bonds. The highest BCUT2D eigenvalue weighted by Crippen LogP contribution is 2.40. The summed E-state index contributed by atoms with van der Waals surface area (Å²) in [6, 6.07) is 18.5. The summed E-state index contributed by atoms with van der Waals surface area (Å²) in [5.74, 6) is -1.17. The number of carbonyl (C=O) groups excluding carboxylic acids is 2. The van der Waals surface area contributed by atoms with Gasteiger partial charge in [-0.05, 0) is 62.2 Å². The number of esters is 1. The van der Waals surface area contributed by atoms with E-state index in [1.165, 1.54) is 6.07 Å². The van der Waals surface area contributed by atoms with Crippen molar-refractivity contribution in [2.45, 2.75) is 27.4 Å². The van der Waals surface area contributed by atoms with Gasteiger partial charge in [-0.1, -0.05) is 54.2 Å². The normalized spacial score (nSPS) is 15.0. The van der Waals surface area contributed by atoms with Gasteiger partial charge in [0, 0.05) is 11.1 Å². The first-order valence-corrected chi connectivity index (χ1v) is 13.5. The van der Waals surface area contributed by atoms with E-state index in [9.17, 15) is 19.1 Å². The summed E-state index contributed by atoms with van der Waals surface area (Å²) in [5.41, 5.74) is 2.00. The summed E-state index contributed by atoms with van der Waals surface area (Å²) < 4.78 is 30.7. The first-order valence-electron chi connectivity index (χ1n) is 12.6. The third kappa shape index (κ3) is 6.60. The van der Waals surface area contributed by atoms with Gasteiger partial charge < -0.3 is 19.3 Å². The first kappa shape index (κ1) is 28.6. The van der Waals surface area contributed by atoms with Crippen LogP contribution in [0.15, 0.2) is 88.0 Å². The summed E-state index contributed by atoms with van der Waals surface area (Å²) in [6.07, 6.45) is 1.64. The molecule has 1 aliphatic rings. The molecule has 3 aromatic rings. The molecular formula is C31H28FNO6S. The van der Waals surface area contributed by atoms with Crippen LogP contribution in [0.3, 0.4) is 0 Å². The predicted molar refractivity (Wildman–Crippen MR) is 153 cm³/mol. The summed E-state index contributed by atoms with van der Waals surface area (Å²) in [7, 11) is 0. The Bertz CT molecular complexity index is 1530. The number of nitrogens with zero attached hydrogens (tertiary/aromatic N) is 1. The molecule has 0 atom stereocenters. The number of halogens is 1. The second-order valence-corrected chi connectivity index (χ2v) is 9.64. The Kier molecular flexibility index (Phi) is 9.39. The molecule has 0 fully saturated rings. The maximum Gasteiger partial charge on any atom is 0.344 e. The van der Waals surface area contributed by atoms with Gasteiger partial charge in [-0.2, -0.15) is 0 Å². The maximum absolute atomic E-state index is 14.0. The Balaban J connectivity index is 1.65. The SMILES string of the molecule is CCOC(=O)C1=C(O)/C(=C/c2ccc(OCc3ccccc3F)c(OCC)c2)SC1=NC(=O)c1ccccc1C. The number of rotatable bonds is 9. The second kappa shape index (κ2) is 13.1. The van der Waals surface area contributed by atoms with E-state index in [1.807, 2.05) is 13.0 Å². The minimum absolute atomic E-state index is 0.0181. The van der Waals surface area contributed by atoms with Crippen LogP contribution in [0, 0.1) is 12.7 Å². The van der Waals surface area contributed by atoms with Crippen LogP contribution in [0.1, 0.15) is 40.9 Å². The van der Waals surface area contributed by atoms with Crippen molar-refractivity contribution in [3.63, 3.8) is 0 Å². The molecule has 0 aliphatic carbocycles. The number of ether oxygens (including phenoxy) is 3. The highest BCUT2D eigenvalue weighted by molar-refractivity contribution is 8.18. The number of aliphatic imine (C=N–C) groups is 1. The lowest BCUT2D eigenvalue weighted by molar-refractivity contribution is -0.138. The zero-order valence-corrected chi connectivity index (χ0v) is 23.1. The molecule has 1 N–H and O–H groups in total. The van der Waals surface area contributed by atoms with Gasteiger partial charge in [0.2, 0.25) is 0 Å². The van der Waals surface area contributed by atoms with E-state index in [4.69, 9.17) is 14.2 Å². The average Bonchev–Trinajstić information content (AvgIpc) is 3.23. The number of benzene rings is 3. The van der Waals surface area contributed by atoms with Crippen LogP contribution in [-0.4, -0.2) is 35.2 Å². The Morgan fingerprint density at radius 1 is 0.975 bits per heavy atom. The minimum atomic E-state index is -0.779. The van der Waals surface area contributed by atoms with Crippen molar-refractivity contribution in [1.29, 1.82) is 0 Å². The van der Waals surface area contributed by atoms with Crippen LogP contribution < -0.4 is 9.47 Å². The van der Waals surface area contributed by atoms with Gasteiger partial charge in [0.25, 0.3) is 5.91 Å². The highest BCUT2D eigenvalue weighted by Gasteiger charge is 2.34. The third-order valence-electron chi connectivity index (χ3n) is 5.86. The van der Waals surface area contributed by atoms with E-state index in [0.29, 0.717) is 39.7 Å². The molecule has 0 spiro atoms. The molecule has 0 saturated heterocycles. The third-order valence-corrected chi connectivity index (χ3v) is 6.88.